The van der Waals surface area contributed by atoms with Crippen LogP contribution in [0, 0.1) is 0 Å². The summed E-state index contributed by atoms with van der Waals surface area (Å²) in [4.78, 5) is 32.7. The maximum atomic E-state index is 11.8. The average Bonchev–Trinajstić information content (AvgIpc) is 3.09. The van der Waals surface area contributed by atoms with E-state index in [1.165, 1.54) is 6.33 Å². The number of aromatic carboxylic acids is 1. The van der Waals surface area contributed by atoms with Crippen LogP contribution >= 0.6 is 0 Å². The summed E-state index contributed by atoms with van der Waals surface area (Å²) in [6.07, 6.45) is 8.20. The van der Waals surface area contributed by atoms with E-state index in [1.54, 1.807) is 12.5 Å². The van der Waals surface area contributed by atoms with Crippen molar-refractivity contribution in [1.29, 1.82) is 0 Å². The minimum absolute atomic E-state index is 0.0906. The molecule has 0 aliphatic carbocycles. The number of H-pyrrole nitrogens is 1. The zero-order valence-electron chi connectivity index (χ0n) is 10.7. The fourth-order valence-electron chi connectivity index (χ4n) is 1.75. The van der Waals surface area contributed by atoms with E-state index in [-0.39, 0.29) is 11.4 Å². The Kier molecular flexibility index (Phi) is 4.48. The number of nitrogens with one attached hydrogen (secondary N) is 2. The van der Waals surface area contributed by atoms with E-state index in [2.05, 4.69) is 20.3 Å². The standard InChI is InChI=1S/C12H15N5O3/c18-11(9-10(12(19)20)16-7-15-9)14-3-1-2-5-17-6-4-13-8-17/h4,6-8H,1-3,5H2,(H,14,18)(H,15,16)(H,19,20). The van der Waals surface area contributed by atoms with E-state index >= 15 is 0 Å². The third-order valence-electron chi connectivity index (χ3n) is 2.76. The molecule has 0 aliphatic rings. The summed E-state index contributed by atoms with van der Waals surface area (Å²) in [5.74, 6) is -1.68. The summed E-state index contributed by atoms with van der Waals surface area (Å²) in [6, 6.07) is 0. The average molecular weight is 277 g/mol. The molecular weight excluding hydrogens is 262 g/mol. The van der Waals surface area contributed by atoms with Gasteiger partial charge in [0, 0.05) is 25.5 Å². The third kappa shape index (κ3) is 3.44. The summed E-state index contributed by atoms with van der Waals surface area (Å²) < 4.78 is 1.96. The number of carbonyl (C=O) groups excluding carboxylic acids is 1. The molecule has 0 saturated carbocycles. The minimum Gasteiger partial charge on any atom is -0.477 e. The lowest BCUT2D eigenvalue weighted by Gasteiger charge is -2.04. The van der Waals surface area contributed by atoms with Gasteiger partial charge in [0.15, 0.2) is 11.4 Å². The highest BCUT2D eigenvalue weighted by molar-refractivity contribution is 6.02. The molecule has 2 aromatic heterocycles. The smallest absolute Gasteiger partial charge is 0.354 e. The van der Waals surface area contributed by atoms with Gasteiger partial charge in [-0.05, 0) is 12.8 Å². The van der Waals surface area contributed by atoms with Gasteiger partial charge in [-0.3, -0.25) is 4.79 Å². The van der Waals surface area contributed by atoms with Crippen LogP contribution in [0.2, 0.25) is 0 Å². The van der Waals surface area contributed by atoms with Gasteiger partial charge in [-0.2, -0.15) is 0 Å². The second-order valence-corrected chi connectivity index (χ2v) is 4.19. The largest absolute Gasteiger partial charge is 0.477 e. The van der Waals surface area contributed by atoms with Gasteiger partial charge in [0.1, 0.15) is 0 Å². The molecule has 0 saturated heterocycles. The third-order valence-corrected chi connectivity index (χ3v) is 2.76. The first-order chi connectivity index (χ1) is 9.68. The summed E-state index contributed by atoms with van der Waals surface area (Å²) in [6.45, 7) is 1.30. The molecule has 0 bridgehead atoms. The Morgan fingerprint density at radius 3 is 2.95 bits per heavy atom. The van der Waals surface area contributed by atoms with Gasteiger partial charge in [-0.25, -0.2) is 14.8 Å². The van der Waals surface area contributed by atoms with Crippen LogP contribution in [0.25, 0.3) is 0 Å². The molecule has 0 spiro atoms. The molecule has 0 radical (unpaired) electrons. The van der Waals surface area contributed by atoms with Crippen LogP contribution in [0.1, 0.15) is 33.8 Å². The van der Waals surface area contributed by atoms with Gasteiger partial charge in [-0.1, -0.05) is 0 Å². The number of unbranched alkanes of at least 4 members (excludes halogenated alkanes) is 1. The Balaban J connectivity index is 1.72. The Bertz CT molecular complexity index is 576. The van der Waals surface area contributed by atoms with Crippen molar-refractivity contribution in [2.24, 2.45) is 0 Å². The Morgan fingerprint density at radius 1 is 1.40 bits per heavy atom. The second-order valence-electron chi connectivity index (χ2n) is 4.19. The van der Waals surface area contributed by atoms with Crippen molar-refractivity contribution in [2.45, 2.75) is 19.4 Å². The first-order valence-electron chi connectivity index (χ1n) is 6.19. The van der Waals surface area contributed by atoms with E-state index < -0.39 is 11.9 Å². The molecule has 0 fully saturated rings. The van der Waals surface area contributed by atoms with Crippen LogP contribution in [0.15, 0.2) is 25.0 Å². The number of carbonyl (C=O) groups is 2. The number of rotatable bonds is 7. The highest BCUT2D eigenvalue weighted by Gasteiger charge is 2.18. The quantitative estimate of drug-likeness (QED) is 0.638. The van der Waals surface area contributed by atoms with Crippen molar-refractivity contribution in [2.75, 3.05) is 6.54 Å². The first kappa shape index (κ1) is 13.8. The Morgan fingerprint density at radius 2 is 2.25 bits per heavy atom. The number of hydrogen-bond acceptors (Lipinski definition) is 4. The SMILES string of the molecule is O=C(NCCCCn1ccnc1)c1nc[nH]c1C(=O)O. The number of aryl methyl sites for hydroxylation is 1. The predicted octanol–water partition coefficient (Wildman–Crippen LogP) is 0.515. The summed E-state index contributed by atoms with van der Waals surface area (Å²) in [5, 5.41) is 11.5. The Hall–Kier alpha value is -2.64. The van der Waals surface area contributed by atoms with Gasteiger partial charge in [0.05, 0.1) is 12.7 Å². The van der Waals surface area contributed by atoms with Crippen molar-refractivity contribution in [3.63, 3.8) is 0 Å². The second kappa shape index (κ2) is 6.50. The van der Waals surface area contributed by atoms with Crippen LogP contribution < -0.4 is 5.32 Å². The summed E-state index contributed by atoms with van der Waals surface area (Å²) in [7, 11) is 0. The van der Waals surface area contributed by atoms with Crippen molar-refractivity contribution in [1.82, 2.24) is 24.8 Å². The van der Waals surface area contributed by atoms with Crippen LogP contribution in [0.3, 0.4) is 0 Å². The molecule has 0 atom stereocenters. The fourth-order valence-corrected chi connectivity index (χ4v) is 1.75. The molecule has 2 rings (SSSR count). The van der Waals surface area contributed by atoms with Gasteiger partial charge >= 0.3 is 5.97 Å². The van der Waals surface area contributed by atoms with E-state index in [4.69, 9.17) is 5.11 Å². The summed E-state index contributed by atoms with van der Waals surface area (Å²) in [5.41, 5.74) is -0.284. The number of hydrogen-bond donors (Lipinski definition) is 3. The van der Waals surface area contributed by atoms with Crippen molar-refractivity contribution in [3.05, 3.63) is 36.4 Å². The first-order valence-corrected chi connectivity index (χ1v) is 6.19. The number of nitrogens with zero attached hydrogens (tertiary/aromatic N) is 3. The molecule has 20 heavy (non-hydrogen) atoms. The lowest BCUT2D eigenvalue weighted by atomic mass is 10.2. The molecule has 0 aliphatic heterocycles. The highest BCUT2D eigenvalue weighted by atomic mass is 16.4. The van der Waals surface area contributed by atoms with E-state index in [9.17, 15) is 9.59 Å². The van der Waals surface area contributed by atoms with Crippen molar-refractivity contribution in [3.8, 4) is 0 Å². The lowest BCUT2D eigenvalue weighted by Crippen LogP contribution is -2.26. The van der Waals surface area contributed by atoms with Crippen molar-refractivity contribution >= 4 is 11.9 Å². The lowest BCUT2D eigenvalue weighted by molar-refractivity contribution is 0.0685. The molecular formula is C12H15N5O3. The van der Waals surface area contributed by atoms with Crippen LogP contribution in [0.5, 0.6) is 0 Å². The normalized spacial score (nSPS) is 10.4. The number of aromatic amines is 1. The molecule has 8 heteroatoms. The predicted molar refractivity (Wildman–Crippen MR) is 69.3 cm³/mol. The van der Waals surface area contributed by atoms with E-state index in [1.807, 2.05) is 10.8 Å². The van der Waals surface area contributed by atoms with E-state index in [0.717, 1.165) is 19.4 Å². The van der Waals surface area contributed by atoms with E-state index in [0.29, 0.717) is 6.54 Å². The van der Waals surface area contributed by atoms with Gasteiger partial charge in [0.25, 0.3) is 5.91 Å². The molecule has 1 amide bonds. The number of imidazole rings is 2. The minimum atomic E-state index is -1.20. The topological polar surface area (TPSA) is 113 Å². The van der Waals surface area contributed by atoms with Gasteiger partial charge < -0.3 is 20.0 Å². The van der Waals surface area contributed by atoms with Crippen LogP contribution in [-0.4, -0.2) is 43.0 Å². The summed E-state index contributed by atoms with van der Waals surface area (Å²) >= 11 is 0. The zero-order chi connectivity index (χ0) is 14.4. The fraction of sp³-hybridized carbons (Fsp3) is 0.333. The number of carboxylic acid groups (broad SMARTS) is 1. The maximum Gasteiger partial charge on any atom is 0.354 e. The molecule has 0 aromatic carbocycles. The monoisotopic (exact) mass is 277 g/mol. The molecule has 2 aromatic rings. The maximum absolute atomic E-state index is 11.8. The van der Waals surface area contributed by atoms with Crippen molar-refractivity contribution < 1.29 is 14.7 Å². The number of aromatic nitrogens is 4. The molecule has 2 heterocycles. The molecule has 8 nitrogen and oxygen atoms in total. The molecule has 3 N–H and O–H groups in total. The molecule has 106 valence electrons. The van der Waals surface area contributed by atoms with Crippen LogP contribution in [0.4, 0.5) is 0 Å². The van der Waals surface area contributed by atoms with Crippen LogP contribution in [-0.2, 0) is 6.54 Å². The number of carboxylic acids is 1. The zero-order valence-corrected chi connectivity index (χ0v) is 10.7. The Labute approximate surface area is 114 Å². The van der Waals surface area contributed by atoms with Gasteiger partial charge in [-0.15, -0.1) is 0 Å². The number of amides is 1. The highest BCUT2D eigenvalue weighted by Crippen LogP contribution is 2.02. The van der Waals surface area contributed by atoms with Gasteiger partial charge in [0.2, 0.25) is 0 Å². The molecule has 0 unspecified atom stereocenters.